The van der Waals surface area contributed by atoms with E-state index in [1.54, 1.807) is 0 Å². The molecular formula is C14H24N2O4. The van der Waals surface area contributed by atoms with Crippen LogP contribution in [0.2, 0.25) is 0 Å². The van der Waals surface area contributed by atoms with E-state index in [1.165, 1.54) is 0 Å². The highest BCUT2D eigenvalue weighted by molar-refractivity contribution is 5.87. The Morgan fingerprint density at radius 3 is 2.65 bits per heavy atom. The van der Waals surface area contributed by atoms with Crippen LogP contribution < -0.4 is 10.6 Å². The van der Waals surface area contributed by atoms with Crippen LogP contribution in [0, 0.1) is 5.92 Å². The second-order valence-corrected chi connectivity index (χ2v) is 6.05. The van der Waals surface area contributed by atoms with Gasteiger partial charge >= 0.3 is 5.97 Å². The molecule has 1 amide bonds. The lowest BCUT2D eigenvalue weighted by molar-refractivity contribution is -0.149. The topological polar surface area (TPSA) is 87.7 Å². The molecule has 2 fully saturated rings. The number of carbonyl (C=O) groups excluding carboxylic acids is 1. The van der Waals surface area contributed by atoms with E-state index in [2.05, 4.69) is 17.6 Å². The van der Waals surface area contributed by atoms with Crippen molar-refractivity contribution in [3.63, 3.8) is 0 Å². The predicted octanol–water partition coefficient (Wildman–Crippen LogP) is 0.515. The number of rotatable bonds is 4. The van der Waals surface area contributed by atoms with Gasteiger partial charge in [0.2, 0.25) is 5.91 Å². The molecule has 0 spiro atoms. The Hall–Kier alpha value is -1.14. The van der Waals surface area contributed by atoms with Gasteiger partial charge in [-0.2, -0.15) is 0 Å². The minimum Gasteiger partial charge on any atom is -0.480 e. The lowest BCUT2D eigenvalue weighted by atomic mass is 9.77. The van der Waals surface area contributed by atoms with Crippen molar-refractivity contribution in [3.8, 4) is 0 Å². The van der Waals surface area contributed by atoms with Crippen LogP contribution >= 0.6 is 0 Å². The largest absolute Gasteiger partial charge is 0.480 e. The molecule has 0 bridgehead atoms. The second-order valence-electron chi connectivity index (χ2n) is 6.05. The van der Waals surface area contributed by atoms with Crippen molar-refractivity contribution in [1.82, 2.24) is 10.6 Å². The van der Waals surface area contributed by atoms with Gasteiger partial charge in [-0.25, -0.2) is 4.79 Å². The molecule has 3 N–H and O–H groups in total. The average Bonchev–Trinajstić information content (AvgIpc) is 2.42. The summed E-state index contributed by atoms with van der Waals surface area (Å²) in [5.41, 5.74) is -1.07. The maximum atomic E-state index is 12.1. The molecule has 1 saturated heterocycles. The highest BCUT2D eigenvalue weighted by atomic mass is 16.5. The average molecular weight is 284 g/mol. The molecule has 1 saturated carbocycles. The highest BCUT2D eigenvalue weighted by Crippen LogP contribution is 2.32. The van der Waals surface area contributed by atoms with Crippen molar-refractivity contribution >= 4 is 11.9 Å². The fourth-order valence-corrected chi connectivity index (χ4v) is 2.94. The van der Waals surface area contributed by atoms with Crippen molar-refractivity contribution in [2.45, 2.75) is 50.6 Å². The van der Waals surface area contributed by atoms with Gasteiger partial charge in [-0.05, 0) is 31.6 Å². The lowest BCUT2D eigenvalue weighted by Crippen LogP contribution is -2.57. The quantitative estimate of drug-likeness (QED) is 0.700. The molecule has 6 heteroatoms. The molecule has 2 aliphatic rings. The van der Waals surface area contributed by atoms with Crippen LogP contribution in [0.3, 0.4) is 0 Å². The molecule has 1 aliphatic carbocycles. The van der Waals surface area contributed by atoms with E-state index in [0.717, 1.165) is 19.4 Å². The monoisotopic (exact) mass is 284 g/mol. The fourth-order valence-electron chi connectivity index (χ4n) is 2.94. The molecule has 1 atom stereocenters. The first-order chi connectivity index (χ1) is 9.52. The molecule has 0 aromatic carbocycles. The number of carboxylic acids is 1. The standard InChI is InChI=1S/C14H24N2O4/c1-10-2-4-14(5-3-10,13(18)19)16-12(17)8-11-9-20-7-6-15-11/h10-11,15H,2-9H2,1H3,(H,16,17)(H,18,19). The Morgan fingerprint density at radius 1 is 1.40 bits per heavy atom. The van der Waals surface area contributed by atoms with Crippen LogP contribution in [-0.2, 0) is 14.3 Å². The molecule has 0 aromatic rings. The molecule has 1 unspecified atom stereocenters. The minimum atomic E-state index is -1.07. The number of carboxylic acid groups (broad SMARTS) is 1. The summed E-state index contributed by atoms with van der Waals surface area (Å²) in [5.74, 6) is -0.580. The molecular weight excluding hydrogens is 260 g/mol. The summed E-state index contributed by atoms with van der Waals surface area (Å²) in [6.45, 7) is 4.02. The van der Waals surface area contributed by atoms with Gasteiger partial charge in [0.1, 0.15) is 5.54 Å². The normalized spacial score (nSPS) is 34.5. The lowest BCUT2D eigenvalue weighted by Gasteiger charge is -2.37. The first-order valence-electron chi connectivity index (χ1n) is 7.37. The van der Waals surface area contributed by atoms with Crippen molar-refractivity contribution in [1.29, 1.82) is 0 Å². The smallest absolute Gasteiger partial charge is 0.329 e. The van der Waals surface area contributed by atoms with Crippen LogP contribution in [0.15, 0.2) is 0 Å². The molecule has 6 nitrogen and oxygen atoms in total. The molecule has 0 aromatic heterocycles. The van der Waals surface area contributed by atoms with Gasteiger partial charge in [0.05, 0.1) is 13.2 Å². The summed E-state index contributed by atoms with van der Waals surface area (Å²) in [6, 6.07) is -0.0166. The van der Waals surface area contributed by atoms with E-state index >= 15 is 0 Å². The Balaban J connectivity index is 1.90. The SMILES string of the molecule is CC1CCC(NC(=O)CC2COCCN2)(C(=O)O)CC1. The van der Waals surface area contributed by atoms with E-state index in [4.69, 9.17) is 4.74 Å². The number of ether oxygens (including phenoxy) is 1. The summed E-state index contributed by atoms with van der Waals surface area (Å²) < 4.78 is 5.30. The Labute approximate surface area is 119 Å². The van der Waals surface area contributed by atoms with Crippen LogP contribution in [-0.4, -0.2) is 48.3 Å². The molecule has 0 radical (unpaired) electrons. The first-order valence-corrected chi connectivity index (χ1v) is 7.37. The van der Waals surface area contributed by atoms with Gasteiger partial charge in [-0.15, -0.1) is 0 Å². The third-order valence-corrected chi connectivity index (χ3v) is 4.35. The maximum absolute atomic E-state index is 12.1. The minimum absolute atomic E-state index is 0.0166. The van der Waals surface area contributed by atoms with Crippen LogP contribution in [0.25, 0.3) is 0 Å². The Kier molecular flexibility index (Phi) is 4.99. The van der Waals surface area contributed by atoms with E-state index in [-0.39, 0.29) is 18.4 Å². The third kappa shape index (κ3) is 3.70. The Bertz CT molecular complexity index is 358. The van der Waals surface area contributed by atoms with Gasteiger partial charge in [0, 0.05) is 19.0 Å². The van der Waals surface area contributed by atoms with Gasteiger partial charge in [-0.3, -0.25) is 4.79 Å². The number of nitrogens with one attached hydrogen (secondary N) is 2. The predicted molar refractivity (Wildman–Crippen MR) is 73.4 cm³/mol. The molecule has 20 heavy (non-hydrogen) atoms. The number of hydrogen-bond donors (Lipinski definition) is 3. The van der Waals surface area contributed by atoms with E-state index in [0.29, 0.717) is 32.0 Å². The number of amides is 1. The molecule has 114 valence electrons. The van der Waals surface area contributed by atoms with E-state index in [9.17, 15) is 14.7 Å². The number of aliphatic carboxylic acids is 1. The van der Waals surface area contributed by atoms with Crippen molar-refractivity contribution in [3.05, 3.63) is 0 Å². The van der Waals surface area contributed by atoms with Crippen LogP contribution in [0.1, 0.15) is 39.0 Å². The van der Waals surface area contributed by atoms with Crippen molar-refractivity contribution in [2.24, 2.45) is 5.92 Å². The van der Waals surface area contributed by atoms with E-state index < -0.39 is 11.5 Å². The number of morpholine rings is 1. The number of hydrogen-bond acceptors (Lipinski definition) is 4. The van der Waals surface area contributed by atoms with Gasteiger partial charge in [0.25, 0.3) is 0 Å². The Morgan fingerprint density at radius 2 is 2.10 bits per heavy atom. The van der Waals surface area contributed by atoms with Crippen LogP contribution in [0.4, 0.5) is 0 Å². The number of carbonyl (C=O) groups is 2. The zero-order chi connectivity index (χ0) is 14.6. The summed E-state index contributed by atoms with van der Waals surface area (Å²) in [5, 5.41) is 15.4. The zero-order valence-electron chi connectivity index (χ0n) is 12.0. The molecule has 1 heterocycles. The highest BCUT2D eigenvalue weighted by Gasteiger charge is 2.42. The molecule has 1 aliphatic heterocycles. The molecule has 2 rings (SSSR count). The summed E-state index contributed by atoms with van der Waals surface area (Å²) in [4.78, 5) is 23.7. The fraction of sp³-hybridized carbons (Fsp3) is 0.857. The summed E-state index contributed by atoms with van der Waals surface area (Å²) in [6.07, 6.45) is 2.99. The maximum Gasteiger partial charge on any atom is 0.329 e. The van der Waals surface area contributed by atoms with Gasteiger partial charge in [0.15, 0.2) is 0 Å². The van der Waals surface area contributed by atoms with Gasteiger partial charge in [-0.1, -0.05) is 6.92 Å². The second kappa shape index (κ2) is 6.54. The van der Waals surface area contributed by atoms with Crippen LogP contribution in [0.5, 0.6) is 0 Å². The van der Waals surface area contributed by atoms with Gasteiger partial charge < -0.3 is 20.5 Å². The zero-order valence-corrected chi connectivity index (χ0v) is 12.0. The first kappa shape index (κ1) is 15.3. The van der Waals surface area contributed by atoms with Crippen molar-refractivity contribution in [2.75, 3.05) is 19.8 Å². The van der Waals surface area contributed by atoms with Crippen molar-refractivity contribution < 1.29 is 19.4 Å². The third-order valence-electron chi connectivity index (χ3n) is 4.35. The van der Waals surface area contributed by atoms with E-state index in [1.807, 2.05) is 0 Å². The summed E-state index contributed by atoms with van der Waals surface area (Å²) >= 11 is 0. The summed E-state index contributed by atoms with van der Waals surface area (Å²) in [7, 11) is 0.